The smallest absolute Gasteiger partial charge is 0.272 e. The highest BCUT2D eigenvalue weighted by atomic mass is 35.5. The van der Waals surface area contributed by atoms with Gasteiger partial charge in [-0.05, 0) is 56.4 Å². The Labute approximate surface area is 158 Å². The van der Waals surface area contributed by atoms with Gasteiger partial charge in [0.25, 0.3) is 5.91 Å². The van der Waals surface area contributed by atoms with Gasteiger partial charge in [-0.3, -0.25) is 4.79 Å². The van der Waals surface area contributed by atoms with E-state index in [1.165, 1.54) is 12.1 Å². The van der Waals surface area contributed by atoms with Gasteiger partial charge < -0.3 is 10.1 Å². The molecule has 1 N–H and O–H groups in total. The summed E-state index contributed by atoms with van der Waals surface area (Å²) in [5, 5.41) is 8.48. The van der Waals surface area contributed by atoms with Gasteiger partial charge in [-0.2, -0.15) is 5.10 Å². The Morgan fingerprint density at radius 3 is 2.81 bits per heavy atom. The summed E-state index contributed by atoms with van der Waals surface area (Å²) in [5.41, 5.74) is 3.81. The number of aromatic nitrogens is 2. The molecule has 4 rings (SSSR count). The maximum absolute atomic E-state index is 12.8. The molecule has 0 saturated carbocycles. The van der Waals surface area contributed by atoms with Crippen LogP contribution in [0.3, 0.4) is 0 Å². The Morgan fingerprint density at radius 1 is 1.23 bits per heavy atom. The average Bonchev–Trinajstić information content (AvgIpc) is 3.23. The molecule has 6 heteroatoms. The van der Waals surface area contributed by atoms with Crippen LogP contribution in [0.25, 0.3) is 5.69 Å². The highest BCUT2D eigenvalue weighted by Gasteiger charge is 2.25. The lowest BCUT2D eigenvalue weighted by Crippen LogP contribution is -2.30. The van der Waals surface area contributed by atoms with Gasteiger partial charge in [0.1, 0.15) is 0 Å². The van der Waals surface area contributed by atoms with E-state index in [0.717, 1.165) is 56.6 Å². The van der Waals surface area contributed by atoms with Gasteiger partial charge in [0.2, 0.25) is 0 Å². The van der Waals surface area contributed by atoms with Crippen LogP contribution in [0.2, 0.25) is 5.02 Å². The maximum Gasteiger partial charge on any atom is 0.272 e. The summed E-state index contributed by atoms with van der Waals surface area (Å²) in [5.74, 6) is 0.346. The summed E-state index contributed by atoms with van der Waals surface area (Å²) < 4.78 is 7.33. The number of amides is 1. The van der Waals surface area contributed by atoms with Crippen molar-refractivity contribution in [1.29, 1.82) is 0 Å². The van der Waals surface area contributed by atoms with E-state index in [2.05, 4.69) is 5.32 Å². The van der Waals surface area contributed by atoms with E-state index in [-0.39, 0.29) is 5.91 Å². The Kier molecular flexibility index (Phi) is 5.27. The molecule has 1 saturated heterocycles. The summed E-state index contributed by atoms with van der Waals surface area (Å²) in [6, 6.07) is 7.64. The number of nitrogens with zero attached hydrogens (tertiary/aromatic N) is 2. The van der Waals surface area contributed by atoms with Crippen molar-refractivity contribution in [3.8, 4) is 5.69 Å². The second kappa shape index (κ2) is 7.80. The Hall–Kier alpha value is -1.85. The summed E-state index contributed by atoms with van der Waals surface area (Å²) in [4.78, 5) is 12.8. The fourth-order valence-corrected chi connectivity index (χ4v) is 3.95. The minimum atomic E-state index is -0.0669. The summed E-state index contributed by atoms with van der Waals surface area (Å²) in [6.45, 7) is 2.18. The van der Waals surface area contributed by atoms with Crippen LogP contribution in [0.1, 0.15) is 47.4 Å². The molecule has 26 heavy (non-hydrogen) atoms. The van der Waals surface area contributed by atoms with Crippen LogP contribution < -0.4 is 5.32 Å². The molecule has 1 fully saturated rings. The van der Waals surface area contributed by atoms with Gasteiger partial charge in [-0.15, -0.1) is 0 Å². The molecule has 2 aliphatic rings. The van der Waals surface area contributed by atoms with Crippen molar-refractivity contribution < 1.29 is 9.53 Å². The molecule has 1 atom stereocenters. The number of nitrogens with one attached hydrogen (secondary N) is 1. The van der Waals surface area contributed by atoms with Gasteiger partial charge in [0, 0.05) is 35.3 Å². The fraction of sp³-hybridized carbons (Fsp3) is 0.500. The number of hydrogen-bond donors (Lipinski definition) is 1. The van der Waals surface area contributed by atoms with Gasteiger partial charge in [0.15, 0.2) is 5.69 Å². The Balaban J connectivity index is 1.63. The lowest BCUT2D eigenvalue weighted by Gasteiger charge is -2.09. The van der Waals surface area contributed by atoms with E-state index in [9.17, 15) is 4.79 Å². The average molecular weight is 374 g/mol. The number of hydrogen-bond acceptors (Lipinski definition) is 3. The number of ether oxygens (including phenoxy) is 1. The molecule has 1 aromatic heterocycles. The molecular formula is C20H24ClN3O2. The second-order valence-corrected chi connectivity index (χ2v) is 7.60. The summed E-state index contributed by atoms with van der Waals surface area (Å²) in [7, 11) is 0. The second-order valence-electron chi connectivity index (χ2n) is 7.16. The number of rotatable bonds is 4. The van der Waals surface area contributed by atoms with Crippen LogP contribution in [0, 0.1) is 5.92 Å². The molecule has 0 bridgehead atoms. The zero-order chi connectivity index (χ0) is 17.9. The van der Waals surface area contributed by atoms with E-state index in [0.29, 0.717) is 23.2 Å². The van der Waals surface area contributed by atoms with E-state index >= 15 is 0 Å². The van der Waals surface area contributed by atoms with Crippen molar-refractivity contribution in [2.75, 3.05) is 19.8 Å². The zero-order valence-corrected chi connectivity index (χ0v) is 15.6. The first-order valence-corrected chi connectivity index (χ1v) is 9.83. The first-order valence-electron chi connectivity index (χ1n) is 9.45. The molecule has 5 nitrogen and oxygen atoms in total. The number of carbonyl (C=O) groups is 1. The first-order chi connectivity index (χ1) is 12.7. The fourth-order valence-electron chi connectivity index (χ4n) is 3.82. The standard InChI is InChI=1S/C20H24ClN3O2/c21-15-6-8-16(9-7-15)24-18-5-3-1-2-4-17(18)19(23-24)20(25)22-12-14-10-11-26-13-14/h6-9,14H,1-5,10-13H2,(H,22,25). The molecule has 1 aromatic carbocycles. The molecule has 0 spiro atoms. The van der Waals surface area contributed by atoms with E-state index < -0.39 is 0 Å². The van der Waals surface area contributed by atoms with E-state index in [1.807, 2.05) is 28.9 Å². The van der Waals surface area contributed by atoms with Crippen molar-refractivity contribution in [3.05, 3.63) is 46.2 Å². The lowest BCUT2D eigenvalue weighted by molar-refractivity contribution is 0.0938. The Bertz CT molecular complexity index is 779. The largest absolute Gasteiger partial charge is 0.381 e. The number of halogens is 1. The van der Waals surface area contributed by atoms with E-state index in [1.54, 1.807) is 0 Å². The van der Waals surface area contributed by atoms with Crippen LogP contribution in [0.5, 0.6) is 0 Å². The molecule has 1 aliphatic heterocycles. The van der Waals surface area contributed by atoms with Gasteiger partial charge >= 0.3 is 0 Å². The van der Waals surface area contributed by atoms with Crippen molar-refractivity contribution >= 4 is 17.5 Å². The third-order valence-electron chi connectivity index (χ3n) is 5.29. The van der Waals surface area contributed by atoms with Crippen molar-refractivity contribution in [3.63, 3.8) is 0 Å². The minimum Gasteiger partial charge on any atom is -0.381 e. The van der Waals surface area contributed by atoms with Crippen molar-refractivity contribution in [2.24, 2.45) is 5.92 Å². The molecule has 1 amide bonds. The van der Waals surface area contributed by atoms with Gasteiger partial charge in [-0.1, -0.05) is 18.0 Å². The first kappa shape index (κ1) is 17.6. The third kappa shape index (κ3) is 3.64. The van der Waals surface area contributed by atoms with Crippen molar-refractivity contribution in [1.82, 2.24) is 15.1 Å². The molecule has 0 radical (unpaired) electrons. The molecule has 2 heterocycles. The monoisotopic (exact) mass is 373 g/mol. The third-order valence-corrected chi connectivity index (χ3v) is 5.54. The Morgan fingerprint density at radius 2 is 2.04 bits per heavy atom. The molecular weight excluding hydrogens is 350 g/mol. The maximum atomic E-state index is 12.8. The minimum absolute atomic E-state index is 0.0669. The van der Waals surface area contributed by atoms with Crippen LogP contribution >= 0.6 is 11.6 Å². The zero-order valence-electron chi connectivity index (χ0n) is 14.8. The highest BCUT2D eigenvalue weighted by Crippen LogP contribution is 2.27. The van der Waals surface area contributed by atoms with Crippen LogP contribution in [-0.4, -0.2) is 35.4 Å². The van der Waals surface area contributed by atoms with Crippen molar-refractivity contribution in [2.45, 2.75) is 38.5 Å². The normalized spacial score (nSPS) is 19.8. The molecule has 1 unspecified atom stereocenters. The SMILES string of the molecule is O=C(NCC1CCOC1)c1nn(-c2ccc(Cl)cc2)c2c1CCCCC2. The number of benzene rings is 1. The van der Waals surface area contributed by atoms with Crippen LogP contribution in [0.4, 0.5) is 0 Å². The van der Waals surface area contributed by atoms with Gasteiger partial charge in [-0.25, -0.2) is 4.68 Å². The van der Waals surface area contributed by atoms with Crippen LogP contribution in [-0.2, 0) is 17.6 Å². The predicted octanol–water partition coefficient (Wildman–Crippen LogP) is 3.56. The van der Waals surface area contributed by atoms with Crippen LogP contribution in [0.15, 0.2) is 24.3 Å². The van der Waals surface area contributed by atoms with Gasteiger partial charge in [0.05, 0.1) is 12.3 Å². The topological polar surface area (TPSA) is 56.1 Å². The van der Waals surface area contributed by atoms with E-state index in [4.69, 9.17) is 21.4 Å². The molecule has 2 aromatic rings. The molecule has 1 aliphatic carbocycles. The lowest BCUT2D eigenvalue weighted by atomic mass is 10.1. The highest BCUT2D eigenvalue weighted by molar-refractivity contribution is 6.30. The summed E-state index contributed by atoms with van der Waals surface area (Å²) in [6.07, 6.45) is 6.31. The number of fused-ring (bicyclic) bond motifs is 1. The summed E-state index contributed by atoms with van der Waals surface area (Å²) >= 11 is 6.02. The number of carbonyl (C=O) groups excluding carboxylic acids is 1. The molecule has 138 valence electrons. The predicted molar refractivity (Wildman–Crippen MR) is 101 cm³/mol. The quantitative estimate of drug-likeness (QED) is 0.833.